The second kappa shape index (κ2) is 6.38. The van der Waals surface area contributed by atoms with Crippen molar-refractivity contribution in [1.82, 2.24) is 4.31 Å². The number of carbonyl (C=O) groups is 1. The molecule has 1 aromatic carbocycles. The Bertz CT molecular complexity index is 654. The first-order valence-corrected chi connectivity index (χ1v) is 9.05. The van der Waals surface area contributed by atoms with Crippen LogP contribution in [0, 0.1) is 20.8 Å². The fraction of sp³-hybridized carbons (Fsp3) is 0.562. The molecule has 6 heteroatoms. The van der Waals surface area contributed by atoms with Crippen molar-refractivity contribution in [3.05, 3.63) is 28.8 Å². The zero-order valence-electron chi connectivity index (χ0n) is 13.4. The van der Waals surface area contributed by atoms with Crippen molar-refractivity contribution in [2.24, 2.45) is 5.73 Å². The molecule has 0 aromatic heterocycles. The summed E-state index contributed by atoms with van der Waals surface area (Å²) in [5.41, 5.74) is 7.74. The number of primary amides is 1. The normalized spacial score (nSPS) is 16.4. The van der Waals surface area contributed by atoms with E-state index in [0.29, 0.717) is 16.0 Å². The molecule has 1 aromatic rings. The van der Waals surface area contributed by atoms with E-state index < -0.39 is 15.9 Å². The summed E-state index contributed by atoms with van der Waals surface area (Å²) in [6.45, 7) is 5.28. The Labute approximate surface area is 132 Å². The van der Waals surface area contributed by atoms with E-state index in [1.165, 1.54) is 4.31 Å². The zero-order valence-corrected chi connectivity index (χ0v) is 14.2. The van der Waals surface area contributed by atoms with Gasteiger partial charge in [0.2, 0.25) is 15.9 Å². The lowest BCUT2D eigenvalue weighted by molar-refractivity contribution is -0.118. The molecule has 0 unspecified atom stereocenters. The summed E-state index contributed by atoms with van der Waals surface area (Å²) in [4.78, 5) is 11.7. The number of nitrogens with two attached hydrogens (primary N) is 1. The molecule has 1 saturated carbocycles. The fourth-order valence-electron chi connectivity index (χ4n) is 3.45. The predicted molar refractivity (Wildman–Crippen MR) is 86.0 cm³/mol. The summed E-state index contributed by atoms with van der Waals surface area (Å²) in [5.74, 6) is -0.613. The van der Waals surface area contributed by atoms with Crippen LogP contribution in [0.4, 0.5) is 0 Å². The largest absolute Gasteiger partial charge is 0.369 e. The Morgan fingerprint density at radius 1 is 1.18 bits per heavy atom. The van der Waals surface area contributed by atoms with Gasteiger partial charge in [-0.2, -0.15) is 4.31 Å². The molecule has 1 aliphatic carbocycles. The van der Waals surface area contributed by atoms with E-state index in [9.17, 15) is 13.2 Å². The molecule has 122 valence electrons. The maximum Gasteiger partial charge on any atom is 0.244 e. The number of aryl methyl sites for hydroxylation is 3. The summed E-state index contributed by atoms with van der Waals surface area (Å²) in [5, 5.41) is 0. The number of rotatable bonds is 5. The summed E-state index contributed by atoms with van der Waals surface area (Å²) >= 11 is 0. The van der Waals surface area contributed by atoms with E-state index in [1.807, 2.05) is 19.1 Å². The number of hydrogen-bond acceptors (Lipinski definition) is 3. The van der Waals surface area contributed by atoms with Crippen LogP contribution in [0.3, 0.4) is 0 Å². The second-order valence-electron chi connectivity index (χ2n) is 6.18. The first-order chi connectivity index (χ1) is 10.2. The van der Waals surface area contributed by atoms with Crippen LogP contribution < -0.4 is 5.73 Å². The van der Waals surface area contributed by atoms with Gasteiger partial charge in [-0.05, 0) is 44.7 Å². The average Bonchev–Trinajstić information content (AvgIpc) is 2.87. The van der Waals surface area contributed by atoms with Crippen molar-refractivity contribution in [3.8, 4) is 0 Å². The maximum absolute atomic E-state index is 13.1. The minimum atomic E-state index is -3.73. The van der Waals surface area contributed by atoms with Crippen LogP contribution in [-0.4, -0.2) is 31.2 Å². The van der Waals surface area contributed by atoms with E-state index in [1.54, 1.807) is 13.8 Å². The molecular formula is C16H24N2O3S. The minimum Gasteiger partial charge on any atom is -0.369 e. The van der Waals surface area contributed by atoms with Gasteiger partial charge in [-0.25, -0.2) is 8.42 Å². The third kappa shape index (κ3) is 3.33. The van der Waals surface area contributed by atoms with Gasteiger partial charge in [-0.3, -0.25) is 4.79 Å². The first-order valence-electron chi connectivity index (χ1n) is 7.61. The molecule has 0 heterocycles. The van der Waals surface area contributed by atoms with Crippen molar-refractivity contribution < 1.29 is 13.2 Å². The smallest absolute Gasteiger partial charge is 0.244 e. The van der Waals surface area contributed by atoms with Crippen LogP contribution in [0.2, 0.25) is 0 Å². The van der Waals surface area contributed by atoms with Gasteiger partial charge in [0.25, 0.3) is 0 Å². The van der Waals surface area contributed by atoms with Crippen molar-refractivity contribution in [2.75, 3.05) is 6.54 Å². The number of benzene rings is 1. The molecule has 2 rings (SSSR count). The van der Waals surface area contributed by atoms with Crippen LogP contribution in [0.1, 0.15) is 42.4 Å². The predicted octanol–water partition coefficient (Wildman–Crippen LogP) is 2.03. The van der Waals surface area contributed by atoms with E-state index in [-0.39, 0.29) is 12.6 Å². The monoisotopic (exact) mass is 324 g/mol. The van der Waals surface area contributed by atoms with Crippen LogP contribution in [-0.2, 0) is 14.8 Å². The molecule has 0 radical (unpaired) electrons. The zero-order chi connectivity index (χ0) is 16.5. The van der Waals surface area contributed by atoms with Gasteiger partial charge in [0.1, 0.15) is 0 Å². The molecule has 0 aliphatic heterocycles. The van der Waals surface area contributed by atoms with E-state index in [2.05, 4.69) is 0 Å². The van der Waals surface area contributed by atoms with Crippen LogP contribution in [0.15, 0.2) is 17.0 Å². The molecule has 0 saturated heterocycles. The lowest BCUT2D eigenvalue weighted by Crippen LogP contribution is -2.44. The molecule has 22 heavy (non-hydrogen) atoms. The van der Waals surface area contributed by atoms with Gasteiger partial charge in [0.15, 0.2) is 0 Å². The third-order valence-electron chi connectivity index (χ3n) is 4.21. The van der Waals surface area contributed by atoms with Crippen molar-refractivity contribution in [2.45, 2.75) is 57.4 Å². The van der Waals surface area contributed by atoms with Gasteiger partial charge >= 0.3 is 0 Å². The van der Waals surface area contributed by atoms with Gasteiger partial charge in [0, 0.05) is 6.04 Å². The maximum atomic E-state index is 13.1. The van der Waals surface area contributed by atoms with Crippen LogP contribution in [0.5, 0.6) is 0 Å². The topological polar surface area (TPSA) is 80.5 Å². The molecule has 1 amide bonds. The number of carbonyl (C=O) groups excluding carboxylic acids is 1. The quantitative estimate of drug-likeness (QED) is 0.900. The molecular weight excluding hydrogens is 300 g/mol. The highest BCUT2D eigenvalue weighted by Crippen LogP contribution is 2.31. The standard InChI is InChI=1S/C16H24N2O3S/c1-11-8-12(2)16(13(3)9-11)22(20,21)18(10-15(17)19)14-6-4-5-7-14/h8-9,14H,4-7,10H2,1-3H3,(H2,17,19). The number of amides is 1. The molecule has 5 nitrogen and oxygen atoms in total. The van der Waals surface area contributed by atoms with E-state index in [4.69, 9.17) is 5.73 Å². The third-order valence-corrected chi connectivity index (χ3v) is 6.42. The summed E-state index contributed by atoms with van der Waals surface area (Å²) in [7, 11) is -3.73. The Morgan fingerprint density at radius 2 is 1.68 bits per heavy atom. The SMILES string of the molecule is Cc1cc(C)c(S(=O)(=O)N(CC(N)=O)C2CCCC2)c(C)c1. The van der Waals surface area contributed by atoms with Crippen LogP contribution >= 0.6 is 0 Å². The van der Waals surface area contributed by atoms with E-state index in [0.717, 1.165) is 31.2 Å². The molecule has 1 fully saturated rings. The molecule has 0 bridgehead atoms. The minimum absolute atomic E-state index is 0.127. The van der Waals surface area contributed by atoms with Gasteiger partial charge in [0.05, 0.1) is 11.4 Å². The van der Waals surface area contributed by atoms with E-state index >= 15 is 0 Å². The molecule has 2 N–H and O–H groups in total. The Balaban J connectivity index is 2.51. The molecule has 0 atom stereocenters. The fourth-order valence-corrected chi connectivity index (χ4v) is 5.51. The lowest BCUT2D eigenvalue weighted by Gasteiger charge is -2.28. The number of nitrogens with zero attached hydrogens (tertiary/aromatic N) is 1. The number of hydrogen-bond donors (Lipinski definition) is 1. The highest BCUT2D eigenvalue weighted by Gasteiger charge is 2.35. The van der Waals surface area contributed by atoms with Crippen molar-refractivity contribution in [3.63, 3.8) is 0 Å². The molecule has 0 spiro atoms. The average molecular weight is 324 g/mol. The Morgan fingerprint density at radius 3 is 2.14 bits per heavy atom. The summed E-state index contributed by atoms with van der Waals surface area (Å²) in [6, 6.07) is 3.59. The summed E-state index contributed by atoms with van der Waals surface area (Å²) < 4.78 is 27.6. The van der Waals surface area contributed by atoms with Crippen LogP contribution in [0.25, 0.3) is 0 Å². The number of sulfonamides is 1. The Hall–Kier alpha value is -1.40. The molecule has 1 aliphatic rings. The van der Waals surface area contributed by atoms with Gasteiger partial charge in [-0.15, -0.1) is 0 Å². The first kappa shape index (κ1) is 17.0. The Kier molecular flexibility index (Phi) is 4.92. The van der Waals surface area contributed by atoms with Gasteiger partial charge in [-0.1, -0.05) is 30.5 Å². The highest BCUT2D eigenvalue weighted by atomic mass is 32.2. The lowest BCUT2D eigenvalue weighted by atomic mass is 10.1. The summed E-state index contributed by atoms with van der Waals surface area (Å²) in [6.07, 6.45) is 3.55. The highest BCUT2D eigenvalue weighted by molar-refractivity contribution is 7.89. The van der Waals surface area contributed by atoms with Gasteiger partial charge < -0.3 is 5.73 Å². The second-order valence-corrected chi connectivity index (χ2v) is 8.01. The van der Waals surface area contributed by atoms with Crippen molar-refractivity contribution in [1.29, 1.82) is 0 Å². The van der Waals surface area contributed by atoms with Crippen molar-refractivity contribution >= 4 is 15.9 Å².